The van der Waals surface area contributed by atoms with Gasteiger partial charge in [-0.05, 0) is 22.8 Å². The highest BCUT2D eigenvalue weighted by Gasteiger charge is 2.22. The zero-order valence-electron chi connectivity index (χ0n) is 16.7. The molecule has 0 saturated heterocycles. The summed E-state index contributed by atoms with van der Waals surface area (Å²) < 4.78 is 5.74. The molecule has 3 aromatic rings. The van der Waals surface area contributed by atoms with Crippen molar-refractivity contribution in [2.45, 2.75) is 25.8 Å². The Morgan fingerprint density at radius 2 is 2.13 bits per heavy atom. The van der Waals surface area contributed by atoms with E-state index in [2.05, 4.69) is 15.3 Å². The highest BCUT2D eigenvalue weighted by Crippen LogP contribution is 2.31. The maximum Gasteiger partial charge on any atom is 0.255 e. The SMILES string of the molecule is N=C(Cc1cc2c(c(C(=O)NCCc3cnc[nH]3)c1)OCC2)c1ccccc1CN. The zero-order chi connectivity index (χ0) is 20.9. The van der Waals surface area contributed by atoms with Gasteiger partial charge in [-0.1, -0.05) is 30.3 Å². The van der Waals surface area contributed by atoms with Crippen LogP contribution < -0.4 is 15.8 Å². The van der Waals surface area contributed by atoms with Gasteiger partial charge in [-0.15, -0.1) is 0 Å². The molecule has 1 aliphatic heterocycles. The summed E-state index contributed by atoms with van der Waals surface area (Å²) in [7, 11) is 0. The fourth-order valence-electron chi connectivity index (χ4n) is 3.76. The number of H-pyrrole nitrogens is 1. The minimum absolute atomic E-state index is 0.164. The first-order valence-corrected chi connectivity index (χ1v) is 10.1. The van der Waals surface area contributed by atoms with E-state index in [0.717, 1.165) is 34.4 Å². The molecule has 0 atom stereocenters. The molecule has 1 amide bonds. The summed E-state index contributed by atoms with van der Waals surface area (Å²) in [4.78, 5) is 19.9. The van der Waals surface area contributed by atoms with E-state index in [0.29, 0.717) is 49.6 Å². The summed E-state index contributed by atoms with van der Waals surface area (Å²) in [6, 6.07) is 11.6. The van der Waals surface area contributed by atoms with Crippen LogP contribution in [0.4, 0.5) is 0 Å². The van der Waals surface area contributed by atoms with Crippen LogP contribution in [-0.4, -0.2) is 34.7 Å². The minimum atomic E-state index is -0.164. The summed E-state index contributed by atoms with van der Waals surface area (Å²) in [6.45, 7) is 1.46. The van der Waals surface area contributed by atoms with Crippen LogP contribution in [-0.2, 0) is 25.8 Å². The Hall–Kier alpha value is -3.45. The van der Waals surface area contributed by atoms with Crippen molar-refractivity contribution < 1.29 is 9.53 Å². The number of fused-ring (bicyclic) bond motifs is 1. The Balaban J connectivity index is 1.52. The van der Waals surface area contributed by atoms with E-state index in [1.165, 1.54) is 0 Å². The molecule has 30 heavy (non-hydrogen) atoms. The number of benzene rings is 2. The van der Waals surface area contributed by atoms with Crippen molar-refractivity contribution in [3.63, 3.8) is 0 Å². The van der Waals surface area contributed by atoms with Crippen LogP contribution in [0.3, 0.4) is 0 Å². The molecule has 0 saturated carbocycles. The lowest BCUT2D eigenvalue weighted by molar-refractivity contribution is 0.0951. The molecule has 0 unspecified atom stereocenters. The number of aromatic amines is 1. The van der Waals surface area contributed by atoms with E-state index in [1.807, 2.05) is 36.4 Å². The van der Waals surface area contributed by atoms with Gasteiger partial charge in [-0.3, -0.25) is 4.79 Å². The van der Waals surface area contributed by atoms with Crippen LogP contribution in [0.1, 0.15) is 38.3 Å². The molecule has 0 fully saturated rings. The van der Waals surface area contributed by atoms with E-state index in [4.69, 9.17) is 15.9 Å². The molecule has 1 aliphatic rings. The first-order chi connectivity index (χ1) is 14.7. The number of hydrogen-bond donors (Lipinski definition) is 4. The second kappa shape index (κ2) is 8.92. The van der Waals surface area contributed by atoms with Gasteiger partial charge in [-0.25, -0.2) is 4.98 Å². The van der Waals surface area contributed by atoms with Crippen molar-refractivity contribution in [1.82, 2.24) is 15.3 Å². The summed E-state index contributed by atoms with van der Waals surface area (Å²) in [5.41, 5.74) is 11.6. The van der Waals surface area contributed by atoms with E-state index >= 15 is 0 Å². The molecule has 154 valence electrons. The number of amides is 1. The Labute approximate surface area is 175 Å². The van der Waals surface area contributed by atoms with Gasteiger partial charge in [0.05, 0.1) is 18.5 Å². The predicted octanol–water partition coefficient (Wildman–Crippen LogP) is 2.39. The lowest BCUT2D eigenvalue weighted by Crippen LogP contribution is -2.26. The summed E-state index contributed by atoms with van der Waals surface area (Å²) >= 11 is 0. The highest BCUT2D eigenvalue weighted by molar-refractivity contribution is 6.02. The third-order valence-electron chi connectivity index (χ3n) is 5.27. The molecule has 4 rings (SSSR count). The van der Waals surface area contributed by atoms with E-state index in [-0.39, 0.29) is 5.91 Å². The molecule has 2 aromatic carbocycles. The molecular weight excluding hydrogens is 378 g/mol. The molecule has 0 bridgehead atoms. The van der Waals surface area contributed by atoms with Gasteiger partial charge in [0.15, 0.2) is 0 Å². The summed E-state index contributed by atoms with van der Waals surface area (Å²) in [5, 5.41) is 11.5. The van der Waals surface area contributed by atoms with Crippen molar-refractivity contribution in [3.05, 3.63) is 82.4 Å². The standard InChI is InChI=1S/C23H25N5O2/c24-12-17-3-1-2-4-19(17)21(25)11-15-9-16-6-8-30-22(16)20(10-15)23(29)27-7-5-18-13-26-14-28-18/h1-4,9-10,13-14,25H,5-8,11-12,24H2,(H,26,28)(H,27,29). The third kappa shape index (κ3) is 4.26. The Morgan fingerprint density at radius 1 is 1.27 bits per heavy atom. The molecule has 0 aliphatic carbocycles. The van der Waals surface area contributed by atoms with Gasteiger partial charge >= 0.3 is 0 Å². The van der Waals surface area contributed by atoms with Gasteiger partial charge in [-0.2, -0.15) is 0 Å². The van der Waals surface area contributed by atoms with Crippen LogP contribution in [0.15, 0.2) is 48.9 Å². The monoisotopic (exact) mass is 403 g/mol. The number of carbonyl (C=O) groups is 1. The summed E-state index contributed by atoms with van der Waals surface area (Å²) in [6.07, 6.45) is 5.25. The van der Waals surface area contributed by atoms with Crippen molar-refractivity contribution in [2.75, 3.05) is 13.2 Å². The molecule has 1 aromatic heterocycles. The van der Waals surface area contributed by atoms with Gasteiger partial charge in [0.1, 0.15) is 5.75 Å². The van der Waals surface area contributed by atoms with Gasteiger partial charge in [0.25, 0.3) is 5.91 Å². The maximum atomic E-state index is 12.9. The van der Waals surface area contributed by atoms with Crippen LogP contribution in [0, 0.1) is 5.41 Å². The number of hydrogen-bond acceptors (Lipinski definition) is 5. The quantitative estimate of drug-likeness (QED) is 0.432. The predicted molar refractivity (Wildman–Crippen MR) is 115 cm³/mol. The number of nitrogens with zero attached hydrogens (tertiary/aromatic N) is 1. The van der Waals surface area contributed by atoms with Crippen molar-refractivity contribution in [3.8, 4) is 5.75 Å². The van der Waals surface area contributed by atoms with E-state index in [9.17, 15) is 4.79 Å². The highest BCUT2D eigenvalue weighted by atomic mass is 16.5. The number of ether oxygens (including phenoxy) is 1. The van der Waals surface area contributed by atoms with Crippen LogP contribution in [0.5, 0.6) is 5.75 Å². The number of carbonyl (C=O) groups excluding carboxylic acids is 1. The van der Waals surface area contributed by atoms with Crippen LogP contribution in [0.2, 0.25) is 0 Å². The Morgan fingerprint density at radius 3 is 2.93 bits per heavy atom. The first kappa shape index (κ1) is 19.8. The third-order valence-corrected chi connectivity index (χ3v) is 5.27. The molecule has 5 N–H and O–H groups in total. The number of aromatic nitrogens is 2. The maximum absolute atomic E-state index is 12.9. The van der Waals surface area contributed by atoms with Crippen LogP contribution >= 0.6 is 0 Å². The zero-order valence-corrected chi connectivity index (χ0v) is 16.7. The van der Waals surface area contributed by atoms with Gasteiger partial charge in [0, 0.05) is 55.5 Å². The average Bonchev–Trinajstić information content (AvgIpc) is 3.45. The van der Waals surface area contributed by atoms with E-state index in [1.54, 1.807) is 12.5 Å². The number of rotatable bonds is 8. The second-order valence-electron chi connectivity index (χ2n) is 7.33. The Kier molecular flexibility index (Phi) is 5.90. The molecule has 2 heterocycles. The number of imidazole rings is 1. The lowest BCUT2D eigenvalue weighted by atomic mass is 9.95. The fraction of sp³-hybridized carbons (Fsp3) is 0.261. The topological polar surface area (TPSA) is 117 Å². The molecule has 0 radical (unpaired) electrons. The van der Waals surface area contributed by atoms with Crippen molar-refractivity contribution in [1.29, 1.82) is 5.41 Å². The lowest BCUT2D eigenvalue weighted by Gasteiger charge is -2.13. The average molecular weight is 403 g/mol. The summed E-state index contributed by atoms with van der Waals surface area (Å²) in [5.74, 6) is 0.495. The van der Waals surface area contributed by atoms with E-state index < -0.39 is 0 Å². The van der Waals surface area contributed by atoms with Gasteiger partial charge in [0.2, 0.25) is 0 Å². The van der Waals surface area contributed by atoms with Crippen molar-refractivity contribution in [2.24, 2.45) is 5.73 Å². The molecule has 7 heteroatoms. The fourth-order valence-corrected chi connectivity index (χ4v) is 3.76. The number of nitrogens with one attached hydrogen (secondary N) is 3. The van der Waals surface area contributed by atoms with Crippen molar-refractivity contribution >= 4 is 11.6 Å². The largest absolute Gasteiger partial charge is 0.492 e. The molecule has 0 spiro atoms. The molecule has 7 nitrogen and oxygen atoms in total. The molecular formula is C23H25N5O2. The first-order valence-electron chi connectivity index (χ1n) is 10.1. The van der Waals surface area contributed by atoms with Crippen LogP contribution in [0.25, 0.3) is 0 Å². The number of nitrogens with two attached hydrogens (primary N) is 1. The normalized spacial score (nSPS) is 12.3. The smallest absolute Gasteiger partial charge is 0.255 e. The second-order valence-corrected chi connectivity index (χ2v) is 7.33. The minimum Gasteiger partial charge on any atom is -0.492 e. The Bertz CT molecular complexity index is 1060. The van der Waals surface area contributed by atoms with Gasteiger partial charge < -0.3 is 26.2 Å².